The maximum absolute atomic E-state index is 11.6. The molecular weight excluding hydrogens is 272 g/mol. The lowest BCUT2D eigenvalue weighted by atomic mass is 10.0. The molecule has 114 valence electrons. The number of ether oxygens (including phenoxy) is 1. The van der Waals surface area contributed by atoms with Gasteiger partial charge < -0.3 is 9.84 Å². The summed E-state index contributed by atoms with van der Waals surface area (Å²) < 4.78 is 5.51. The van der Waals surface area contributed by atoms with E-state index in [4.69, 9.17) is 9.84 Å². The number of amides is 1. The van der Waals surface area contributed by atoms with Crippen LogP contribution in [0.5, 0.6) is 5.75 Å². The van der Waals surface area contributed by atoms with Gasteiger partial charge in [-0.05, 0) is 37.0 Å². The van der Waals surface area contributed by atoms with Gasteiger partial charge >= 0.3 is 5.97 Å². The second-order valence-corrected chi connectivity index (χ2v) is 5.02. The van der Waals surface area contributed by atoms with Crippen LogP contribution in [0.25, 0.3) is 0 Å². The summed E-state index contributed by atoms with van der Waals surface area (Å²) in [5, 5.41) is 12.1. The number of aryl methyl sites for hydroxylation is 1. The Hall–Kier alpha value is -2.37. The van der Waals surface area contributed by atoms with Crippen molar-refractivity contribution in [3.63, 3.8) is 0 Å². The lowest BCUT2D eigenvalue weighted by molar-refractivity contribution is -0.129. The molecule has 1 aromatic rings. The highest BCUT2D eigenvalue weighted by atomic mass is 16.5. The Labute approximate surface area is 123 Å². The predicted octanol–water partition coefficient (Wildman–Crippen LogP) is 2.07. The van der Waals surface area contributed by atoms with Crippen molar-refractivity contribution in [2.24, 2.45) is 5.10 Å². The third-order valence-electron chi connectivity index (χ3n) is 2.81. The molecule has 0 aliphatic heterocycles. The number of hydrogen-bond acceptors (Lipinski definition) is 4. The number of carboxylic acids is 1. The number of hydrazone groups is 1. The highest BCUT2D eigenvalue weighted by molar-refractivity contribution is 6.34. The van der Waals surface area contributed by atoms with E-state index in [1.807, 2.05) is 39.0 Å². The summed E-state index contributed by atoms with van der Waals surface area (Å²) in [6.07, 6.45) is 0. The first-order valence-electron chi connectivity index (χ1n) is 6.61. The zero-order chi connectivity index (χ0) is 16.0. The number of rotatable bonds is 6. The highest BCUT2D eigenvalue weighted by Crippen LogP contribution is 2.27. The first-order chi connectivity index (χ1) is 9.81. The monoisotopic (exact) mass is 292 g/mol. The molecule has 6 heteroatoms. The molecule has 21 heavy (non-hydrogen) atoms. The average molecular weight is 292 g/mol. The summed E-state index contributed by atoms with van der Waals surface area (Å²) in [4.78, 5) is 22.1. The normalized spacial score (nSPS) is 11.4. The number of carboxylic acid groups (broad SMARTS) is 1. The molecule has 0 saturated carbocycles. The van der Waals surface area contributed by atoms with E-state index < -0.39 is 11.9 Å². The standard InChI is InChI=1S/C15H20N2O4/c1-9(2)12-6-5-10(3)7-13(12)21-8-14(18)17-16-11(4)15(19)20/h5-7,9H,8H2,1-4H3,(H,17,18)(H,19,20). The Kier molecular flexibility index (Phi) is 5.90. The van der Waals surface area contributed by atoms with E-state index in [1.54, 1.807) is 0 Å². The van der Waals surface area contributed by atoms with E-state index in [2.05, 4.69) is 10.5 Å². The fourth-order valence-corrected chi connectivity index (χ4v) is 1.61. The molecule has 0 aliphatic carbocycles. The maximum atomic E-state index is 11.6. The molecule has 0 spiro atoms. The minimum atomic E-state index is -1.18. The minimum Gasteiger partial charge on any atom is -0.483 e. The lowest BCUT2D eigenvalue weighted by Crippen LogP contribution is -2.27. The van der Waals surface area contributed by atoms with Crippen LogP contribution in [-0.4, -0.2) is 29.3 Å². The molecule has 2 N–H and O–H groups in total. The van der Waals surface area contributed by atoms with Gasteiger partial charge in [0.2, 0.25) is 0 Å². The smallest absolute Gasteiger partial charge is 0.351 e. The molecule has 1 amide bonds. The van der Waals surface area contributed by atoms with Crippen LogP contribution in [-0.2, 0) is 9.59 Å². The van der Waals surface area contributed by atoms with Gasteiger partial charge in [-0.3, -0.25) is 4.79 Å². The van der Waals surface area contributed by atoms with Crippen molar-refractivity contribution in [2.45, 2.75) is 33.6 Å². The van der Waals surface area contributed by atoms with Crippen molar-refractivity contribution in [3.8, 4) is 5.75 Å². The van der Waals surface area contributed by atoms with Gasteiger partial charge in [0, 0.05) is 0 Å². The fraction of sp³-hybridized carbons (Fsp3) is 0.400. The Bertz CT molecular complexity index is 565. The molecule has 0 radical (unpaired) electrons. The lowest BCUT2D eigenvalue weighted by Gasteiger charge is -2.14. The second kappa shape index (κ2) is 7.42. The van der Waals surface area contributed by atoms with Crippen LogP contribution in [0, 0.1) is 6.92 Å². The van der Waals surface area contributed by atoms with Gasteiger partial charge in [-0.2, -0.15) is 5.10 Å². The molecule has 0 aliphatic rings. The number of hydrogen-bond donors (Lipinski definition) is 2. The van der Waals surface area contributed by atoms with E-state index in [0.29, 0.717) is 5.75 Å². The van der Waals surface area contributed by atoms with Gasteiger partial charge in [-0.15, -0.1) is 0 Å². The van der Waals surface area contributed by atoms with E-state index >= 15 is 0 Å². The Morgan fingerprint density at radius 1 is 1.38 bits per heavy atom. The second-order valence-electron chi connectivity index (χ2n) is 5.02. The van der Waals surface area contributed by atoms with E-state index in [0.717, 1.165) is 11.1 Å². The van der Waals surface area contributed by atoms with Gasteiger partial charge in [0.15, 0.2) is 6.61 Å². The largest absolute Gasteiger partial charge is 0.483 e. The van der Waals surface area contributed by atoms with Crippen LogP contribution in [0.1, 0.15) is 37.8 Å². The van der Waals surface area contributed by atoms with Crippen molar-refractivity contribution in [1.29, 1.82) is 0 Å². The van der Waals surface area contributed by atoms with E-state index in [9.17, 15) is 9.59 Å². The van der Waals surface area contributed by atoms with Gasteiger partial charge in [0.25, 0.3) is 5.91 Å². The minimum absolute atomic E-state index is 0.193. The molecule has 0 saturated heterocycles. The van der Waals surface area contributed by atoms with Crippen LogP contribution in [0.15, 0.2) is 23.3 Å². The Morgan fingerprint density at radius 3 is 2.62 bits per heavy atom. The van der Waals surface area contributed by atoms with Gasteiger partial charge in [-0.1, -0.05) is 26.0 Å². The number of aliphatic carboxylic acids is 1. The third-order valence-corrected chi connectivity index (χ3v) is 2.81. The predicted molar refractivity (Wildman–Crippen MR) is 79.7 cm³/mol. The molecule has 0 bridgehead atoms. The number of nitrogens with one attached hydrogen (secondary N) is 1. The molecular formula is C15H20N2O4. The first kappa shape index (κ1) is 16.7. The highest BCUT2D eigenvalue weighted by Gasteiger charge is 2.10. The summed E-state index contributed by atoms with van der Waals surface area (Å²) in [6.45, 7) is 7.09. The number of carbonyl (C=O) groups is 2. The Morgan fingerprint density at radius 2 is 2.05 bits per heavy atom. The summed E-state index contributed by atoms with van der Waals surface area (Å²) >= 11 is 0. The number of nitrogens with zero attached hydrogens (tertiary/aromatic N) is 1. The van der Waals surface area contributed by atoms with E-state index in [1.165, 1.54) is 6.92 Å². The topological polar surface area (TPSA) is 88.0 Å². The quantitative estimate of drug-likeness (QED) is 0.620. The van der Waals surface area contributed by atoms with Crippen LogP contribution in [0.4, 0.5) is 0 Å². The van der Waals surface area contributed by atoms with Crippen LogP contribution in [0.2, 0.25) is 0 Å². The first-order valence-corrected chi connectivity index (χ1v) is 6.61. The van der Waals surface area contributed by atoms with Crippen molar-refractivity contribution in [3.05, 3.63) is 29.3 Å². The van der Waals surface area contributed by atoms with Gasteiger partial charge in [0.1, 0.15) is 11.5 Å². The summed E-state index contributed by atoms with van der Waals surface area (Å²) in [7, 11) is 0. The molecule has 0 aromatic heterocycles. The molecule has 1 aromatic carbocycles. The molecule has 1 rings (SSSR count). The summed E-state index contributed by atoms with van der Waals surface area (Å²) in [6, 6.07) is 5.83. The molecule has 6 nitrogen and oxygen atoms in total. The van der Waals surface area contributed by atoms with Crippen LogP contribution >= 0.6 is 0 Å². The van der Waals surface area contributed by atoms with Crippen molar-refractivity contribution < 1.29 is 19.4 Å². The maximum Gasteiger partial charge on any atom is 0.351 e. The fourth-order valence-electron chi connectivity index (χ4n) is 1.61. The van der Waals surface area contributed by atoms with Gasteiger partial charge in [-0.25, -0.2) is 10.2 Å². The Balaban J connectivity index is 2.67. The molecule has 0 fully saturated rings. The molecule has 0 unspecified atom stereocenters. The molecule has 0 atom stereocenters. The summed E-state index contributed by atoms with van der Waals surface area (Å²) in [5.74, 6) is -0.765. The van der Waals surface area contributed by atoms with Crippen molar-refractivity contribution in [2.75, 3.05) is 6.61 Å². The van der Waals surface area contributed by atoms with Gasteiger partial charge in [0.05, 0.1) is 0 Å². The molecule has 0 heterocycles. The van der Waals surface area contributed by atoms with Crippen LogP contribution < -0.4 is 10.2 Å². The number of carbonyl (C=O) groups excluding carboxylic acids is 1. The zero-order valence-electron chi connectivity index (χ0n) is 12.6. The van der Waals surface area contributed by atoms with Crippen molar-refractivity contribution in [1.82, 2.24) is 5.43 Å². The van der Waals surface area contributed by atoms with E-state index in [-0.39, 0.29) is 18.2 Å². The summed E-state index contributed by atoms with van der Waals surface area (Å²) in [5.41, 5.74) is 4.00. The van der Waals surface area contributed by atoms with Crippen molar-refractivity contribution >= 4 is 17.6 Å². The van der Waals surface area contributed by atoms with Crippen LogP contribution in [0.3, 0.4) is 0 Å². The zero-order valence-corrected chi connectivity index (χ0v) is 12.6. The average Bonchev–Trinajstić information content (AvgIpc) is 2.41. The third kappa shape index (κ3) is 5.25. The SMILES string of the molecule is CC(=NNC(=O)COc1cc(C)ccc1C(C)C)C(=O)O. The number of benzene rings is 1.